The molecule has 0 fully saturated rings. The van der Waals surface area contributed by atoms with Gasteiger partial charge in [0, 0.05) is 5.69 Å². The zero-order valence-corrected chi connectivity index (χ0v) is 19.7. The number of carbonyl (C=O) groups is 2. The summed E-state index contributed by atoms with van der Waals surface area (Å²) in [5, 5.41) is 0.424. The lowest BCUT2D eigenvalue weighted by atomic mass is 9.96. The topological polar surface area (TPSA) is 86.0 Å². The minimum atomic E-state index is -0.736. The Labute approximate surface area is 201 Å². The van der Waals surface area contributed by atoms with Crippen molar-refractivity contribution in [2.45, 2.75) is 19.9 Å². The van der Waals surface area contributed by atoms with E-state index >= 15 is 0 Å². The first kappa shape index (κ1) is 22.4. The molecule has 1 aliphatic heterocycles. The molecule has 2 heterocycles. The number of carbonyl (C=O) groups excluding carboxylic acids is 2. The third-order valence-corrected chi connectivity index (χ3v) is 6.48. The maximum atomic E-state index is 13.8. The molecular weight excluding hydrogens is 446 g/mol. The smallest absolute Gasteiger partial charge is 0.337 e. The molecule has 0 N–H and O–H groups in total. The molecule has 0 bridgehead atoms. The van der Waals surface area contributed by atoms with Gasteiger partial charge in [-0.1, -0.05) is 12.1 Å². The fourth-order valence-electron chi connectivity index (χ4n) is 4.47. The van der Waals surface area contributed by atoms with Gasteiger partial charge < -0.3 is 13.9 Å². The Balaban J connectivity index is 1.75. The van der Waals surface area contributed by atoms with Crippen LogP contribution in [-0.2, 0) is 4.74 Å². The Bertz CT molecular complexity index is 1530. The number of benzene rings is 3. The van der Waals surface area contributed by atoms with Crippen LogP contribution < -0.4 is 15.1 Å². The van der Waals surface area contributed by atoms with E-state index in [4.69, 9.17) is 13.9 Å². The number of hydrogen-bond acceptors (Lipinski definition) is 6. The summed E-state index contributed by atoms with van der Waals surface area (Å²) in [6.45, 7) is 3.86. The summed E-state index contributed by atoms with van der Waals surface area (Å²) in [4.78, 5) is 41.0. The number of rotatable bonds is 4. The van der Waals surface area contributed by atoms with Crippen LogP contribution in [0.5, 0.6) is 5.75 Å². The lowest BCUT2D eigenvalue weighted by Crippen LogP contribution is -2.29. The van der Waals surface area contributed by atoms with Crippen LogP contribution in [0.15, 0.2) is 69.9 Å². The number of amides is 1. The SMILES string of the molecule is COC(=O)c1ccc(C2c3c(oc4cc(C)c(C)cc4c3=O)C(=O)N2c2ccc(OC)cc2)cc1. The molecule has 5 rings (SSSR count). The summed E-state index contributed by atoms with van der Waals surface area (Å²) in [6.07, 6.45) is 0. The number of aryl methyl sites for hydroxylation is 2. The van der Waals surface area contributed by atoms with E-state index < -0.39 is 17.9 Å². The monoisotopic (exact) mass is 469 g/mol. The average molecular weight is 469 g/mol. The first-order valence-corrected chi connectivity index (χ1v) is 11.1. The summed E-state index contributed by atoms with van der Waals surface area (Å²) in [5.74, 6) is -0.223. The Morgan fingerprint density at radius 1 is 0.914 bits per heavy atom. The zero-order valence-electron chi connectivity index (χ0n) is 19.7. The lowest BCUT2D eigenvalue weighted by Gasteiger charge is -2.25. The molecule has 7 heteroatoms. The molecule has 0 aliphatic carbocycles. The minimum Gasteiger partial charge on any atom is -0.497 e. The summed E-state index contributed by atoms with van der Waals surface area (Å²) in [6, 6.07) is 16.6. The predicted octanol–water partition coefficient (Wildman–Crippen LogP) is 4.95. The Morgan fingerprint density at radius 2 is 1.57 bits per heavy atom. The largest absolute Gasteiger partial charge is 0.497 e. The van der Waals surface area contributed by atoms with Gasteiger partial charge in [-0.3, -0.25) is 14.5 Å². The van der Waals surface area contributed by atoms with Crippen LogP contribution in [0.2, 0.25) is 0 Å². The Kier molecular flexibility index (Phi) is 5.40. The average Bonchev–Trinajstić information content (AvgIpc) is 3.17. The van der Waals surface area contributed by atoms with Gasteiger partial charge in [0.25, 0.3) is 5.91 Å². The second-order valence-electron chi connectivity index (χ2n) is 8.50. The number of esters is 1. The van der Waals surface area contributed by atoms with E-state index in [1.165, 1.54) is 7.11 Å². The van der Waals surface area contributed by atoms with Crippen molar-refractivity contribution in [2.24, 2.45) is 0 Å². The van der Waals surface area contributed by atoms with Crippen molar-refractivity contribution in [1.29, 1.82) is 0 Å². The first-order chi connectivity index (χ1) is 16.8. The molecule has 7 nitrogen and oxygen atoms in total. The molecule has 1 aromatic heterocycles. The molecule has 1 atom stereocenters. The molecular formula is C28H23NO6. The van der Waals surface area contributed by atoms with Crippen LogP contribution in [0, 0.1) is 13.8 Å². The van der Waals surface area contributed by atoms with E-state index in [2.05, 4.69) is 0 Å². The van der Waals surface area contributed by atoms with Crippen molar-refractivity contribution < 1.29 is 23.5 Å². The highest BCUT2D eigenvalue weighted by molar-refractivity contribution is 6.10. The molecule has 176 valence electrons. The van der Waals surface area contributed by atoms with Gasteiger partial charge in [0.05, 0.1) is 36.8 Å². The van der Waals surface area contributed by atoms with E-state index in [1.807, 2.05) is 13.8 Å². The third-order valence-electron chi connectivity index (χ3n) is 6.48. The molecule has 1 unspecified atom stereocenters. The number of hydrogen-bond donors (Lipinski definition) is 0. The van der Waals surface area contributed by atoms with Crippen molar-refractivity contribution in [3.8, 4) is 5.75 Å². The highest BCUT2D eigenvalue weighted by atomic mass is 16.5. The van der Waals surface area contributed by atoms with E-state index in [0.29, 0.717) is 33.5 Å². The van der Waals surface area contributed by atoms with Gasteiger partial charge in [0.2, 0.25) is 5.76 Å². The molecule has 35 heavy (non-hydrogen) atoms. The third kappa shape index (κ3) is 3.56. The molecule has 1 aliphatic rings. The molecule has 1 amide bonds. The summed E-state index contributed by atoms with van der Waals surface area (Å²) in [7, 11) is 2.88. The first-order valence-electron chi connectivity index (χ1n) is 11.1. The Hall–Kier alpha value is -4.39. The maximum absolute atomic E-state index is 13.8. The normalized spacial score (nSPS) is 14.8. The summed E-state index contributed by atoms with van der Waals surface area (Å²) < 4.78 is 16.1. The van der Waals surface area contributed by atoms with Crippen LogP contribution in [0.1, 0.15) is 49.2 Å². The number of ether oxygens (including phenoxy) is 2. The highest BCUT2D eigenvalue weighted by Crippen LogP contribution is 2.41. The lowest BCUT2D eigenvalue weighted by molar-refractivity contribution is 0.0600. The van der Waals surface area contributed by atoms with Crippen molar-refractivity contribution in [1.82, 2.24) is 0 Å². The van der Waals surface area contributed by atoms with E-state index in [1.54, 1.807) is 72.7 Å². The van der Waals surface area contributed by atoms with Gasteiger partial charge in [0.1, 0.15) is 11.3 Å². The number of anilines is 1. The van der Waals surface area contributed by atoms with Crippen LogP contribution in [-0.4, -0.2) is 26.1 Å². The maximum Gasteiger partial charge on any atom is 0.337 e. The Morgan fingerprint density at radius 3 is 2.20 bits per heavy atom. The number of fused-ring (bicyclic) bond motifs is 2. The molecule has 3 aromatic carbocycles. The van der Waals surface area contributed by atoms with E-state index in [9.17, 15) is 14.4 Å². The second kappa shape index (κ2) is 8.43. The number of methoxy groups -OCH3 is 2. The van der Waals surface area contributed by atoms with Crippen LogP contribution in [0.25, 0.3) is 11.0 Å². The van der Waals surface area contributed by atoms with Crippen LogP contribution in [0.3, 0.4) is 0 Å². The van der Waals surface area contributed by atoms with Crippen molar-refractivity contribution in [2.75, 3.05) is 19.1 Å². The summed E-state index contributed by atoms with van der Waals surface area (Å²) >= 11 is 0. The van der Waals surface area contributed by atoms with Gasteiger partial charge in [-0.15, -0.1) is 0 Å². The van der Waals surface area contributed by atoms with Gasteiger partial charge in [-0.2, -0.15) is 0 Å². The second-order valence-corrected chi connectivity index (χ2v) is 8.50. The minimum absolute atomic E-state index is 0.0172. The number of nitrogens with zero attached hydrogens (tertiary/aromatic N) is 1. The van der Waals surface area contributed by atoms with E-state index in [-0.39, 0.29) is 16.8 Å². The van der Waals surface area contributed by atoms with Crippen molar-refractivity contribution >= 4 is 28.5 Å². The van der Waals surface area contributed by atoms with Crippen molar-refractivity contribution in [3.05, 3.63) is 104 Å². The fourth-order valence-corrected chi connectivity index (χ4v) is 4.47. The van der Waals surface area contributed by atoms with Crippen LogP contribution in [0.4, 0.5) is 5.69 Å². The molecule has 0 saturated carbocycles. The fraction of sp³-hybridized carbons (Fsp3) is 0.179. The zero-order chi connectivity index (χ0) is 24.9. The van der Waals surface area contributed by atoms with Crippen LogP contribution >= 0.6 is 0 Å². The van der Waals surface area contributed by atoms with Gasteiger partial charge in [-0.05, 0) is 79.1 Å². The predicted molar refractivity (Wildman–Crippen MR) is 131 cm³/mol. The summed E-state index contributed by atoms with van der Waals surface area (Å²) in [5.41, 5.74) is 3.93. The standard InChI is InChI=1S/C28H23NO6/c1-15-13-21-22(14-16(15)2)35-26-23(25(21)30)24(17-5-7-18(8-6-17)28(32)34-4)29(27(26)31)19-9-11-20(33-3)12-10-19/h5-14,24H,1-4H3. The quantitative estimate of drug-likeness (QED) is 0.393. The van der Waals surface area contributed by atoms with E-state index in [0.717, 1.165) is 11.1 Å². The molecule has 4 aromatic rings. The molecule has 0 spiro atoms. The highest BCUT2D eigenvalue weighted by Gasteiger charge is 2.43. The van der Waals surface area contributed by atoms with Gasteiger partial charge >= 0.3 is 5.97 Å². The molecule has 0 radical (unpaired) electrons. The van der Waals surface area contributed by atoms with Crippen molar-refractivity contribution in [3.63, 3.8) is 0 Å². The van der Waals surface area contributed by atoms with Gasteiger partial charge in [0.15, 0.2) is 5.43 Å². The van der Waals surface area contributed by atoms with Gasteiger partial charge in [-0.25, -0.2) is 4.79 Å². The molecule has 0 saturated heterocycles.